The summed E-state index contributed by atoms with van der Waals surface area (Å²) in [6.45, 7) is 3.08. The van der Waals surface area contributed by atoms with Gasteiger partial charge in [0.25, 0.3) is 0 Å². The van der Waals surface area contributed by atoms with Crippen molar-refractivity contribution < 1.29 is 14.0 Å². The number of likely N-dealkylation sites (tertiary alicyclic amines) is 1. The summed E-state index contributed by atoms with van der Waals surface area (Å²) < 4.78 is 13.7. The van der Waals surface area contributed by atoms with Crippen LogP contribution in [0, 0.1) is 18.7 Å². The van der Waals surface area contributed by atoms with Gasteiger partial charge in [0.2, 0.25) is 11.8 Å². The first-order chi connectivity index (χ1) is 15.5. The molecule has 5 nitrogen and oxygen atoms in total. The van der Waals surface area contributed by atoms with Gasteiger partial charge in [-0.25, -0.2) is 4.39 Å². The SMILES string of the molecule is Cc1ccc(CNC(=O)C2CCN(C(=O)/C=C/c3cccc4cccnc34)CC2)cc1F. The molecule has 3 aromatic rings. The summed E-state index contributed by atoms with van der Waals surface area (Å²) in [6, 6.07) is 14.7. The summed E-state index contributed by atoms with van der Waals surface area (Å²) in [7, 11) is 0. The largest absolute Gasteiger partial charge is 0.352 e. The molecular formula is C26H26FN3O2. The zero-order valence-corrected chi connectivity index (χ0v) is 18.1. The van der Waals surface area contributed by atoms with Crippen molar-refractivity contribution >= 4 is 28.8 Å². The maximum atomic E-state index is 13.7. The van der Waals surface area contributed by atoms with Crippen molar-refractivity contribution in [2.24, 2.45) is 5.92 Å². The quantitative estimate of drug-likeness (QED) is 0.615. The summed E-state index contributed by atoms with van der Waals surface area (Å²) in [5.74, 6) is -0.515. The summed E-state index contributed by atoms with van der Waals surface area (Å²) in [6.07, 6.45) is 6.35. The van der Waals surface area contributed by atoms with Crippen molar-refractivity contribution in [1.82, 2.24) is 15.2 Å². The molecule has 0 radical (unpaired) electrons. The minimum absolute atomic E-state index is 0.0459. The van der Waals surface area contributed by atoms with Gasteiger partial charge in [-0.2, -0.15) is 0 Å². The van der Waals surface area contributed by atoms with E-state index >= 15 is 0 Å². The van der Waals surface area contributed by atoms with Crippen LogP contribution < -0.4 is 5.32 Å². The molecule has 164 valence electrons. The molecule has 1 saturated heterocycles. The molecule has 2 heterocycles. The van der Waals surface area contributed by atoms with Gasteiger partial charge in [-0.3, -0.25) is 14.6 Å². The average Bonchev–Trinajstić information content (AvgIpc) is 2.83. The van der Waals surface area contributed by atoms with Gasteiger partial charge >= 0.3 is 0 Å². The third-order valence-electron chi connectivity index (χ3n) is 5.95. The normalized spacial score (nSPS) is 14.8. The van der Waals surface area contributed by atoms with Gasteiger partial charge in [0.05, 0.1) is 5.52 Å². The first-order valence-electron chi connectivity index (χ1n) is 10.8. The second kappa shape index (κ2) is 9.73. The number of nitrogens with zero attached hydrogens (tertiary/aromatic N) is 2. The van der Waals surface area contributed by atoms with Gasteiger partial charge in [0, 0.05) is 48.8 Å². The van der Waals surface area contributed by atoms with Crippen LogP contribution in [0.3, 0.4) is 0 Å². The molecule has 6 heteroatoms. The van der Waals surface area contributed by atoms with E-state index in [1.54, 1.807) is 36.2 Å². The van der Waals surface area contributed by atoms with Crippen molar-refractivity contribution in [2.75, 3.05) is 13.1 Å². The summed E-state index contributed by atoms with van der Waals surface area (Å²) in [4.78, 5) is 31.3. The number of para-hydroxylation sites is 1. The molecule has 0 atom stereocenters. The van der Waals surface area contributed by atoms with E-state index < -0.39 is 0 Å². The number of benzene rings is 2. The molecule has 0 spiro atoms. The number of fused-ring (bicyclic) bond motifs is 1. The highest BCUT2D eigenvalue weighted by atomic mass is 19.1. The third kappa shape index (κ3) is 5.02. The number of pyridine rings is 1. The fourth-order valence-corrected chi connectivity index (χ4v) is 3.97. The monoisotopic (exact) mass is 431 g/mol. The second-order valence-corrected chi connectivity index (χ2v) is 8.16. The predicted molar refractivity (Wildman–Crippen MR) is 123 cm³/mol. The number of hydrogen-bond donors (Lipinski definition) is 1. The Hall–Kier alpha value is -3.54. The Morgan fingerprint density at radius 2 is 1.94 bits per heavy atom. The summed E-state index contributed by atoms with van der Waals surface area (Å²) >= 11 is 0. The molecule has 0 aliphatic carbocycles. The molecule has 32 heavy (non-hydrogen) atoms. The van der Waals surface area contributed by atoms with Gasteiger partial charge < -0.3 is 10.2 Å². The second-order valence-electron chi connectivity index (χ2n) is 8.16. The molecule has 1 N–H and O–H groups in total. The van der Waals surface area contributed by atoms with Crippen molar-refractivity contribution in [3.63, 3.8) is 0 Å². The van der Waals surface area contributed by atoms with Crippen LogP contribution in [0.15, 0.2) is 60.8 Å². The molecule has 2 aromatic carbocycles. The Morgan fingerprint density at radius 3 is 2.72 bits per heavy atom. The minimum Gasteiger partial charge on any atom is -0.352 e. The van der Waals surface area contributed by atoms with Crippen LogP contribution in [-0.2, 0) is 16.1 Å². The number of rotatable bonds is 5. The maximum Gasteiger partial charge on any atom is 0.246 e. The lowest BCUT2D eigenvalue weighted by Crippen LogP contribution is -2.42. The standard InChI is InChI=1S/C26H26FN3O2/c1-18-7-8-19(16-23(18)27)17-29-26(32)22-11-14-30(15-12-22)24(31)10-9-21-5-2-4-20-6-3-13-28-25(20)21/h2-10,13,16,22H,11-12,14-15,17H2,1H3,(H,29,32)/b10-9+. The number of aromatic nitrogens is 1. The van der Waals surface area contributed by atoms with Crippen molar-refractivity contribution in [2.45, 2.75) is 26.3 Å². The predicted octanol–water partition coefficient (Wildman–Crippen LogP) is 4.25. The molecule has 0 saturated carbocycles. The highest BCUT2D eigenvalue weighted by molar-refractivity contribution is 5.95. The number of carbonyl (C=O) groups is 2. The molecule has 1 aliphatic heterocycles. The molecule has 0 bridgehead atoms. The Balaban J connectivity index is 1.29. The zero-order chi connectivity index (χ0) is 22.5. The smallest absolute Gasteiger partial charge is 0.246 e. The zero-order valence-electron chi connectivity index (χ0n) is 18.1. The molecule has 4 rings (SSSR count). The highest BCUT2D eigenvalue weighted by Gasteiger charge is 2.26. The first kappa shape index (κ1) is 21.7. The van der Waals surface area contributed by atoms with E-state index in [-0.39, 0.29) is 23.5 Å². The van der Waals surface area contributed by atoms with Crippen LogP contribution in [0.2, 0.25) is 0 Å². The van der Waals surface area contributed by atoms with Crippen LogP contribution in [-0.4, -0.2) is 34.8 Å². The Bertz CT molecular complexity index is 1160. The average molecular weight is 432 g/mol. The topological polar surface area (TPSA) is 62.3 Å². The van der Waals surface area contributed by atoms with E-state index in [4.69, 9.17) is 0 Å². The lowest BCUT2D eigenvalue weighted by Gasteiger charge is -2.30. The van der Waals surface area contributed by atoms with Crippen molar-refractivity contribution in [3.8, 4) is 0 Å². The van der Waals surface area contributed by atoms with Gasteiger partial charge in [-0.05, 0) is 49.1 Å². The Labute approximate surface area is 187 Å². The molecule has 1 aliphatic rings. The number of halogens is 1. The number of aryl methyl sites for hydroxylation is 1. The number of amides is 2. The Kier molecular flexibility index (Phi) is 6.59. The highest BCUT2D eigenvalue weighted by Crippen LogP contribution is 2.20. The van der Waals surface area contributed by atoms with Crippen LogP contribution in [0.25, 0.3) is 17.0 Å². The van der Waals surface area contributed by atoms with E-state index in [0.717, 1.165) is 22.0 Å². The van der Waals surface area contributed by atoms with Gasteiger partial charge in [0.15, 0.2) is 0 Å². The van der Waals surface area contributed by atoms with Crippen LogP contribution in [0.1, 0.15) is 29.5 Å². The number of nitrogens with one attached hydrogen (secondary N) is 1. The summed E-state index contributed by atoms with van der Waals surface area (Å²) in [5, 5.41) is 3.92. The number of carbonyl (C=O) groups excluding carboxylic acids is 2. The fourth-order valence-electron chi connectivity index (χ4n) is 3.97. The van der Waals surface area contributed by atoms with Gasteiger partial charge in [0.1, 0.15) is 5.82 Å². The first-order valence-corrected chi connectivity index (χ1v) is 10.8. The van der Waals surface area contributed by atoms with E-state index in [0.29, 0.717) is 38.0 Å². The molecule has 2 amide bonds. The van der Waals surface area contributed by atoms with Crippen LogP contribution in [0.4, 0.5) is 4.39 Å². The third-order valence-corrected chi connectivity index (χ3v) is 5.95. The van der Waals surface area contributed by atoms with Gasteiger partial charge in [-0.15, -0.1) is 0 Å². The van der Waals surface area contributed by atoms with Crippen LogP contribution >= 0.6 is 0 Å². The number of hydrogen-bond acceptors (Lipinski definition) is 3. The molecule has 0 unspecified atom stereocenters. The van der Waals surface area contributed by atoms with Crippen molar-refractivity contribution in [3.05, 3.63) is 83.3 Å². The van der Waals surface area contributed by atoms with Crippen LogP contribution in [0.5, 0.6) is 0 Å². The van der Waals surface area contributed by atoms with E-state index in [1.807, 2.05) is 36.4 Å². The van der Waals surface area contributed by atoms with E-state index in [9.17, 15) is 14.0 Å². The lowest BCUT2D eigenvalue weighted by molar-refractivity contribution is -0.132. The fraction of sp³-hybridized carbons (Fsp3) is 0.269. The van der Waals surface area contributed by atoms with Gasteiger partial charge in [-0.1, -0.05) is 36.4 Å². The van der Waals surface area contributed by atoms with E-state index in [2.05, 4.69) is 10.3 Å². The Morgan fingerprint density at radius 1 is 1.16 bits per heavy atom. The maximum absolute atomic E-state index is 13.7. The molecular weight excluding hydrogens is 405 g/mol. The van der Waals surface area contributed by atoms with Crippen molar-refractivity contribution in [1.29, 1.82) is 0 Å². The van der Waals surface area contributed by atoms with E-state index in [1.165, 1.54) is 6.07 Å². The molecule has 1 aromatic heterocycles. The molecule has 1 fully saturated rings. The number of piperidine rings is 1. The lowest BCUT2D eigenvalue weighted by atomic mass is 9.95. The minimum atomic E-state index is -0.268. The summed E-state index contributed by atoms with van der Waals surface area (Å²) in [5.41, 5.74) is 3.09.